The van der Waals surface area contributed by atoms with Crippen molar-refractivity contribution in [1.29, 1.82) is 0 Å². The van der Waals surface area contributed by atoms with E-state index in [0.717, 1.165) is 24.2 Å². The van der Waals surface area contributed by atoms with Crippen LogP contribution >= 0.6 is 15.9 Å². The van der Waals surface area contributed by atoms with Crippen molar-refractivity contribution in [3.05, 3.63) is 34.3 Å². The minimum Gasteiger partial charge on any atom is -0.374 e. The van der Waals surface area contributed by atoms with Crippen LogP contribution < -0.4 is 5.32 Å². The smallest absolute Gasteiger partial charge is 0.0896 e. The van der Waals surface area contributed by atoms with Gasteiger partial charge in [-0.2, -0.15) is 0 Å². The van der Waals surface area contributed by atoms with E-state index in [0.29, 0.717) is 6.04 Å². The number of nitrogens with zero attached hydrogens (tertiary/aromatic N) is 1. The highest BCUT2D eigenvalue weighted by Gasteiger charge is 2.27. The van der Waals surface area contributed by atoms with Crippen molar-refractivity contribution in [1.82, 2.24) is 10.2 Å². The summed E-state index contributed by atoms with van der Waals surface area (Å²) < 4.78 is 6.99. The molecule has 2 atom stereocenters. The van der Waals surface area contributed by atoms with Crippen LogP contribution in [0.1, 0.15) is 11.6 Å². The maximum Gasteiger partial charge on any atom is 0.0896 e. The molecule has 1 N–H and O–H groups in total. The van der Waals surface area contributed by atoms with Gasteiger partial charge in [-0.15, -0.1) is 0 Å². The van der Waals surface area contributed by atoms with Gasteiger partial charge in [0.1, 0.15) is 0 Å². The molecule has 0 radical (unpaired) electrons. The summed E-state index contributed by atoms with van der Waals surface area (Å²) in [6.07, 6.45) is 0.216. The molecule has 2 unspecified atom stereocenters. The molecule has 0 bridgehead atoms. The van der Waals surface area contributed by atoms with Crippen molar-refractivity contribution in [3.63, 3.8) is 0 Å². The van der Waals surface area contributed by atoms with E-state index in [1.165, 1.54) is 5.56 Å². The number of nitrogens with one attached hydrogen (secondary N) is 1. The Hall–Kier alpha value is -0.420. The van der Waals surface area contributed by atoms with Crippen molar-refractivity contribution in [3.8, 4) is 0 Å². The van der Waals surface area contributed by atoms with E-state index >= 15 is 0 Å². The van der Waals surface area contributed by atoms with E-state index < -0.39 is 0 Å². The monoisotopic (exact) mass is 298 g/mol. The van der Waals surface area contributed by atoms with E-state index in [4.69, 9.17) is 4.74 Å². The fourth-order valence-electron chi connectivity index (χ4n) is 2.32. The molecule has 3 nitrogen and oxygen atoms in total. The van der Waals surface area contributed by atoms with E-state index in [-0.39, 0.29) is 6.10 Å². The fraction of sp³-hybridized carbons (Fsp3) is 0.538. The Morgan fingerprint density at radius 2 is 2.29 bits per heavy atom. The average Bonchev–Trinajstić information content (AvgIpc) is 2.30. The first-order chi connectivity index (χ1) is 8.18. The molecule has 4 heteroatoms. The number of hydrogen-bond acceptors (Lipinski definition) is 3. The lowest BCUT2D eigenvalue weighted by molar-refractivity contribution is -0.0211. The Morgan fingerprint density at radius 1 is 1.47 bits per heavy atom. The molecule has 1 aromatic carbocycles. The third-order valence-corrected chi connectivity index (χ3v) is 3.55. The van der Waals surface area contributed by atoms with Crippen molar-refractivity contribution < 1.29 is 4.74 Å². The molecular weight excluding hydrogens is 280 g/mol. The first-order valence-electron chi connectivity index (χ1n) is 5.92. The summed E-state index contributed by atoms with van der Waals surface area (Å²) in [5.41, 5.74) is 1.29. The number of halogens is 1. The molecule has 0 aliphatic carbocycles. The predicted octanol–water partition coefficient (Wildman–Crippen LogP) is 2.04. The summed E-state index contributed by atoms with van der Waals surface area (Å²) >= 11 is 3.53. The molecule has 0 spiro atoms. The molecule has 1 heterocycles. The summed E-state index contributed by atoms with van der Waals surface area (Å²) in [5, 5.41) is 3.39. The van der Waals surface area contributed by atoms with Gasteiger partial charge in [0, 0.05) is 17.6 Å². The van der Waals surface area contributed by atoms with Gasteiger partial charge >= 0.3 is 0 Å². The van der Waals surface area contributed by atoms with Crippen molar-refractivity contribution in [2.75, 3.05) is 33.8 Å². The lowest BCUT2D eigenvalue weighted by atomic mass is 9.99. The van der Waals surface area contributed by atoms with Gasteiger partial charge < -0.3 is 15.0 Å². The van der Waals surface area contributed by atoms with Crippen LogP contribution in [0.2, 0.25) is 0 Å². The molecule has 2 rings (SSSR count). The van der Waals surface area contributed by atoms with Crippen LogP contribution in [0.5, 0.6) is 0 Å². The fourth-order valence-corrected chi connectivity index (χ4v) is 2.74. The van der Waals surface area contributed by atoms with Crippen LogP contribution in [0.15, 0.2) is 28.7 Å². The van der Waals surface area contributed by atoms with Gasteiger partial charge in [-0.25, -0.2) is 0 Å². The van der Waals surface area contributed by atoms with Gasteiger partial charge in [-0.3, -0.25) is 0 Å². The second kappa shape index (κ2) is 5.96. The van der Waals surface area contributed by atoms with Crippen LogP contribution in [-0.2, 0) is 4.74 Å². The second-order valence-electron chi connectivity index (χ2n) is 4.58. The Morgan fingerprint density at radius 3 is 2.88 bits per heavy atom. The van der Waals surface area contributed by atoms with Crippen LogP contribution in [-0.4, -0.2) is 44.8 Å². The topological polar surface area (TPSA) is 24.5 Å². The maximum absolute atomic E-state index is 5.88. The highest BCUT2D eigenvalue weighted by atomic mass is 79.9. The zero-order chi connectivity index (χ0) is 12.3. The summed E-state index contributed by atoms with van der Waals surface area (Å²) in [5.74, 6) is 0. The number of hydrogen-bond donors (Lipinski definition) is 1. The van der Waals surface area contributed by atoms with Gasteiger partial charge in [-0.05, 0) is 31.8 Å². The van der Waals surface area contributed by atoms with Crippen LogP contribution in [0, 0.1) is 0 Å². The van der Waals surface area contributed by atoms with Crippen molar-refractivity contribution in [2.24, 2.45) is 0 Å². The standard InChI is InChI=1S/C13H19BrN2O/c1-16(2)13(12-9-15-6-7-17-12)10-4-3-5-11(14)8-10/h3-5,8,12-13,15H,6-7,9H2,1-2H3. The first-order valence-corrected chi connectivity index (χ1v) is 6.72. The SMILES string of the molecule is CN(C)C(c1cccc(Br)c1)C1CNCCO1. The van der Waals surface area contributed by atoms with Gasteiger partial charge in [0.15, 0.2) is 0 Å². The molecule has 1 fully saturated rings. The van der Waals surface area contributed by atoms with E-state index in [1.807, 2.05) is 0 Å². The average molecular weight is 299 g/mol. The Balaban J connectivity index is 2.21. The molecule has 1 aromatic rings. The molecule has 0 amide bonds. The molecule has 0 aromatic heterocycles. The zero-order valence-corrected chi connectivity index (χ0v) is 11.9. The van der Waals surface area contributed by atoms with Crippen LogP contribution in [0.25, 0.3) is 0 Å². The molecule has 1 saturated heterocycles. The quantitative estimate of drug-likeness (QED) is 0.924. The minimum absolute atomic E-state index is 0.216. The van der Waals surface area contributed by atoms with E-state index in [2.05, 4.69) is 64.5 Å². The van der Waals surface area contributed by atoms with Gasteiger partial charge in [-0.1, -0.05) is 28.1 Å². The van der Waals surface area contributed by atoms with E-state index in [9.17, 15) is 0 Å². The second-order valence-corrected chi connectivity index (χ2v) is 5.49. The summed E-state index contributed by atoms with van der Waals surface area (Å²) in [6.45, 7) is 2.66. The van der Waals surface area contributed by atoms with Gasteiger partial charge in [0.2, 0.25) is 0 Å². The molecular formula is C13H19BrN2O. The summed E-state index contributed by atoms with van der Waals surface area (Å²) in [7, 11) is 4.20. The molecule has 1 aliphatic heterocycles. The normalized spacial score (nSPS) is 22.7. The molecule has 17 heavy (non-hydrogen) atoms. The Kier molecular flexibility index (Phi) is 4.56. The van der Waals surface area contributed by atoms with Crippen LogP contribution in [0.3, 0.4) is 0 Å². The number of morpholine rings is 1. The number of benzene rings is 1. The van der Waals surface area contributed by atoms with Crippen molar-refractivity contribution >= 4 is 15.9 Å². The van der Waals surface area contributed by atoms with E-state index in [1.54, 1.807) is 0 Å². The van der Waals surface area contributed by atoms with Gasteiger partial charge in [0.25, 0.3) is 0 Å². The number of ether oxygens (including phenoxy) is 1. The molecule has 0 saturated carbocycles. The third kappa shape index (κ3) is 3.28. The minimum atomic E-state index is 0.216. The summed E-state index contributed by atoms with van der Waals surface area (Å²) in [6, 6.07) is 8.75. The largest absolute Gasteiger partial charge is 0.374 e. The predicted molar refractivity (Wildman–Crippen MR) is 73.2 cm³/mol. The Labute approximate surface area is 111 Å². The lowest BCUT2D eigenvalue weighted by Crippen LogP contribution is -2.45. The van der Waals surface area contributed by atoms with Crippen LogP contribution in [0.4, 0.5) is 0 Å². The highest BCUT2D eigenvalue weighted by Crippen LogP contribution is 2.27. The zero-order valence-electron chi connectivity index (χ0n) is 10.3. The molecule has 94 valence electrons. The molecule has 1 aliphatic rings. The number of likely N-dealkylation sites (N-methyl/N-ethyl adjacent to an activating group) is 1. The highest BCUT2D eigenvalue weighted by molar-refractivity contribution is 9.10. The van der Waals surface area contributed by atoms with Gasteiger partial charge in [0.05, 0.1) is 18.8 Å². The van der Waals surface area contributed by atoms with Crippen molar-refractivity contribution in [2.45, 2.75) is 12.1 Å². The Bertz CT molecular complexity index is 364. The number of rotatable bonds is 3. The lowest BCUT2D eigenvalue weighted by Gasteiger charge is -2.35. The first kappa shape index (κ1) is 13.0. The summed E-state index contributed by atoms with van der Waals surface area (Å²) in [4.78, 5) is 2.22. The maximum atomic E-state index is 5.88. The third-order valence-electron chi connectivity index (χ3n) is 3.05.